The first-order valence-electron chi connectivity index (χ1n) is 13.7. The molecular weight excluding hydrogens is 558 g/mol. The Morgan fingerprint density at radius 1 is 0.833 bits per heavy atom. The highest BCUT2D eigenvalue weighted by atomic mass is 32.2. The van der Waals surface area contributed by atoms with E-state index in [1.165, 1.54) is 6.92 Å². The number of anilines is 2. The minimum Gasteiger partial charge on any atom is -0.392 e. The lowest BCUT2D eigenvalue weighted by Crippen LogP contribution is -2.31. The second kappa shape index (κ2) is 15.5. The van der Waals surface area contributed by atoms with E-state index in [-0.39, 0.29) is 43.5 Å². The fraction of sp³-hybridized carbons (Fsp3) is 0.323. The number of benzene rings is 3. The van der Waals surface area contributed by atoms with Crippen LogP contribution in [0.2, 0.25) is 0 Å². The highest BCUT2D eigenvalue weighted by Crippen LogP contribution is 2.39. The van der Waals surface area contributed by atoms with Crippen LogP contribution in [0.5, 0.6) is 0 Å². The Hall–Kier alpha value is -3.74. The summed E-state index contributed by atoms with van der Waals surface area (Å²) in [5.74, 6) is -0.186. The van der Waals surface area contributed by atoms with E-state index in [0.29, 0.717) is 24.3 Å². The molecule has 11 heteroatoms. The third kappa shape index (κ3) is 9.40. The van der Waals surface area contributed by atoms with Gasteiger partial charge in [-0.1, -0.05) is 36.4 Å². The third-order valence-corrected chi connectivity index (χ3v) is 7.77. The number of thioether (sulfide) groups is 1. The highest BCUT2D eigenvalue weighted by Gasteiger charge is 2.32. The van der Waals surface area contributed by atoms with E-state index in [9.17, 15) is 19.5 Å². The van der Waals surface area contributed by atoms with E-state index in [2.05, 4.69) is 10.6 Å². The van der Waals surface area contributed by atoms with Gasteiger partial charge in [0, 0.05) is 53.8 Å². The van der Waals surface area contributed by atoms with Crippen molar-refractivity contribution in [1.82, 2.24) is 5.48 Å². The molecule has 1 saturated heterocycles. The van der Waals surface area contributed by atoms with Crippen molar-refractivity contribution < 1.29 is 34.2 Å². The van der Waals surface area contributed by atoms with Gasteiger partial charge < -0.3 is 25.2 Å². The number of hydrogen-bond acceptors (Lipinski definition) is 8. The molecule has 1 aliphatic heterocycles. The summed E-state index contributed by atoms with van der Waals surface area (Å²) in [5.41, 5.74) is 5.53. The molecule has 4 rings (SSSR count). The normalized spacial score (nSPS) is 18.2. The van der Waals surface area contributed by atoms with Crippen molar-refractivity contribution in [3.63, 3.8) is 0 Å². The molecule has 1 aliphatic rings. The number of hydroxylamine groups is 1. The van der Waals surface area contributed by atoms with Crippen molar-refractivity contribution in [1.29, 1.82) is 0 Å². The third-order valence-electron chi connectivity index (χ3n) is 6.62. The van der Waals surface area contributed by atoms with Gasteiger partial charge in [0.25, 0.3) is 0 Å². The topological polar surface area (TPSA) is 146 Å². The van der Waals surface area contributed by atoms with E-state index in [1.807, 2.05) is 60.7 Å². The van der Waals surface area contributed by atoms with Crippen molar-refractivity contribution >= 4 is 40.9 Å². The quantitative estimate of drug-likeness (QED) is 0.111. The lowest BCUT2D eigenvalue weighted by Gasteiger charge is -2.36. The smallest absolute Gasteiger partial charge is 0.243 e. The number of aliphatic hydroxyl groups excluding tert-OH is 1. The average Bonchev–Trinajstić information content (AvgIpc) is 3.00. The molecule has 3 amide bonds. The van der Waals surface area contributed by atoms with Crippen molar-refractivity contribution in [3.8, 4) is 0 Å². The Kier molecular flexibility index (Phi) is 11.5. The molecule has 222 valence electrons. The van der Waals surface area contributed by atoms with Gasteiger partial charge in [-0.15, -0.1) is 11.8 Å². The second-order valence-corrected chi connectivity index (χ2v) is 11.0. The maximum absolute atomic E-state index is 12.2. The SMILES string of the molecule is CC(=O)Nc1ccc(SC[C@@H]2C[C@H](c3ccc(CO)cc3)O[C@H](c3ccc(NC(=O)CCCC(=O)NO)cc3)O2)cc1. The van der Waals surface area contributed by atoms with Crippen molar-refractivity contribution in [3.05, 3.63) is 89.5 Å². The molecule has 0 radical (unpaired) electrons. The minimum atomic E-state index is -0.629. The molecule has 3 aromatic carbocycles. The molecule has 1 fully saturated rings. The Bertz CT molecular complexity index is 1330. The van der Waals surface area contributed by atoms with Crippen LogP contribution < -0.4 is 16.1 Å². The van der Waals surface area contributed by atoms with Gasteiger partial charge in [0.05, 0.1) is 18.8 Å². The Morgan fingerprint density at radius 3 is 2.10 bits per heavy atom. The predicted molar refractivity (Wildman–Crippen MR) is 159 cm³/mol. The maximum Gasteiger partial charge on any atom is 0.243 e. The number of rotatable bonds is 12. The number of carbonyl (C=O) groups is 3. The van der Waals surface area contributed by atoms with E-state index in [4.69, 9.17) is 14.7 Å². The summed E-state index contributed by atoms with van der Waals surface area (Å²) in [6.45, 7) is 1.45. The summed E-state index contributed by atoms with van der Waals surface area (Å²) < 4.78 is 12.8. The molecular formula is C31H35N3O7S. The minimum absolute atomic E-state index is 0.0294. The van der Waals surface area contributed by atoms with Crippen molar-refractivity contribution in [2.24, 2.45) is 0 Å². The van der Waals surface area contributed by atoms with Gasteiger partial charge in [-0.05, 0) is 53.9 Å². The van der Waals surface area contributed by atoms with Crippen LogP contribution >= 0.6 is 11.8 Å². The maximum atomic E-state index is 12.2. The van der Waals surface area contributed by atoms with Gasteiger partial charge >= 0.3 is 0 Å². The predicted octanol–water partition coefficient (Wildman–Crippen LogP) is 5.09. The van der Waals surface area contributed by atoms with Gasteiger partial charge in [0.15, 0.2) is 6.29 Å². The van der Waals surface area contributed by atoms with Crippen LogP contribution in [0.4, 0.5) is 11.4 Å². The van der Waals surface area contributed by atoms with Crippen LogP contribution in [0.25, 0.3) is 0 Å². The average molecular weight is 594 g/mol. The molecule has 0 aliphatic carbocycles. The largest absolute Gasteiger partial charge is 0.392 e. The number of aliphatic hydroxyl groups is 1. The van der Waals surface area contributed by atoms with Crippen LogP contribution in [0.15, 0.2) is 77.7 Å². The number of hydrogen-bond donors (Lipinski definition) is 5. The Labute approximate surface area is 248 Å². The van der Waals surface area contributed by atoms with Crippen molar-refractivity contribution in [2.75, 3.05) is 16.4 Å². The van der Waals surface area contributed by atoms with Crippen LogP contribution in [-0.2, 0) is 30.5 Å². The Balaban J connectivity index is 1.41. The summed E-state index contributed by atoms with van der Waals surface area (Å²) in [7, 11) is 0. The number of carbonyl (C=O) groups excluding carboxylic acids is 3. The Morgan fingerprint density at radius 2 is 1.45 bits per heavy atom. The fourth-order valence-corrected chi connectivity index (χ4v) is 5.38. The lowest BCUT2D eigenvalue weighted by atomic mass is 10.0. The summed E-state index contributed by atoms with van der Waals surface area (Å²) in [6, 6.07) is 22.6. The zero-order valence-corrected chi connectivity index (χ0v) is 24.1. The molecule has 3 aromatic rings. The highest BCUT2D eigenvalue weighted by molar-refractivity contribution is 7.99. The van der Waals surface area contributed by atoms with Crippen LogP contribution in [-0.4, -0.2) is 39.9 Å². The molecule has 0 spiro atoms. The number of ether oxygens (including phenoxy) is 2. The number of nitrogens with one attached hydrogen (secondary N) is 3. The van der Waals surface area contributed by atoms with Gasteiger partial charge in [-0.2, -0.15) is 0 Å². The molecule has 0 aromatic heterocycles. The molecule has 0 saturated carbocycles. The lowest BCUT2D eigenvalue weighted by molar-refractivity contribution is -0.245. The summed E-state index contributed by atoms with van der Waals surface area (Å²) in [4.78, 5) is 35.7. The van der Waals surface area contributed by atoms with Crippen molar-refractivity contribution in [2.45, 2.75) is 62.6 Å². The molecule has 0 bridgehead atoms. The van der Waals surface area contributed by atoms with E-state index < -0.39 is 12.2 Å². The van der Waals surface area contributed by atoms with Gasteiger partial charge in [-0.25, -0.2) is 5.48 Å². The van der Waals surface area contributed by atoms with E-state index in [1.54, 1.807) is 29.4 Å². The fourth-order valence-electron chi connectivity index (χ4n) is 4.46. The molecule has 3 atom stereocenters. The summed E-state index contributed by atoms with van der Waals surface area (Å²) in [5, 5.41) is 23.6. The first-order chi connectivity index (χ1) is 20.3. The van der Waals surface area contributed by atoms with E-state index >= 15 is 0 Å². The van der Waals surface area contributed by atoms with Crippen LogP contribution in [0.3, 0.4) is 0 Å². The first kappa shape index (κ1) is 31.2. The zero-order chi connectivity index (χ0) is 29.9. The summed E-state index contributed by atoms with van der Waals surface area (Å²) >= 11 is 1.66. The molecule has 42 heavy (non-hydrogen) atoms. The van der Waals surface area contributed by atoms with Crippen LogP contribution in [0.1, 0.15) is 61.7 Å². The molecule has 5 N–H and O–H groups in total. The zero-order valence-electron chi connectivity index (χ0n) is 23.2. The first-order valence-corrected chi connectivity index (χ1v) is 14.7. The monoisotopic (exact) mass is 593 g/mol. The standard InChI is InChI=1S/C31H35N3O7S/c1-20(36)32-24-13-15-27(16-14-24)42-19-26-17-28(22-7-5-21(18-35)6-8-22)41-31(40-26)23-9-11-25(12-10-23)33-29(37)3-2-4-30(38)34-39/h5-16,26,28,31,35,39H,2-4,17-19H2,1H3,(H,32,36)(H,33,37)(H,34,38)/t26-,28+,31+/m0/s1. The van der Waals surface area contributed by atoms with Gasteiger partial charge in [0.2, 0.25) is 17.7 Å². The molecule has 10 nitrogen and oxygen atoms in total. The number of amides is 3. The second-order valence-electron chi connectivity index (χ2n) is 9.93. The summed E-state index contributed by atoms with van der Waals surface area (Å²) in [6.07, 6.45) is 0.201. The van der Waals surface area contributed by atoms with Gasteiger partial charge in [-0.3, -0.25) is 19.6 Å². The van der Waals surface area contributed by atoms with Gasteiger partial charge in [0.1, 0.15) is 0 Å². The molecule has 0 unspecified atom stereocenters. The van der Waals surface area contributed by atoms with E-state index in [0.717, 1.165) is 27.3 Å². The molecule has 1 heterocycles. The van der Waals surface area contributed by atoms with Crippen LogP contribution in [0, 0.1) is 0 Å².